The Morgan fingerprint density at radius 3 is 2.66 bits per heavy atom. The van der Waals surface area contributed by atoms with E-state index in [0.29, 0.717) is 23.1 Å². The fraction of sp³-hybridized carbons (Fsp3) is 0.462. The molecule has 1 aliphatic heterocycles. The highest BCUT2D eigenvalue weighted by Crippen LogP contribution is 2.36. The second-order valence-corrected chi connectivity index (χ2v) is 9.86. The number of likely N-dealkylation sites (tertiary alicyclic amines) is 1. The van der Waals surface area contributed by atoms with Gasteiger partial charge in [-0.3, -0.25) is 4.79 Å². The molecule has 0 unspecified atom stereocenters. The Balaban J connectivity index is 1.47. The van der Waals surface area contributed by atoms with E-state index in [0.717, 1.165) is 53.8 Å². The SMILES string of the molecule is COc1cc(-c2[nH]c3ccc(C(=O)NC4CCN(C(C)C)CC4)nc3c2C(C)C)cn2ncnc12. The van der Waals surface area contributed by atoms with Gasteiger partial charge in [-0.15, -0.1) is 0 Å². The van der Waals surface area contributed by atoms with Gasteiger partial charge in [-0.2, -0.15) is 5.10 Å². The van der Waals surface area contributed by atoms with Crippen molar-refractivity contribution in [3.63, 3.8) is 0 Å². The van der Waals surface area contributed by atoms with Crippen LogP contribution in [0.2, 0.25) is 0 Å². The Labute approximate surface area is 204 Å². The minimum Gasteiger partial charge on any atom is -0.493 e. The maximum absolute atomic E-state index is 13.1. The van der Waals surface area contributed by atoms with Crippen molar-refractivity contribution in [3.05, 3.63) is 42.0 Å². The molecule has 0 aromatic carbocycles. The van der Waals surface area contributed by atoms with Crippen LogP contribution in [0.15, 0.2) is 30.7 Å². The fourth-order valence-electron chi connectivity index (χ4n) is 5.00. The first-order valence-electron chi connectivity index (χ1n) is 12.3. The van der Waals surface area contributed by atoms with Gasteiger partial charge in [0.15, 0.2) is 11.4 Å². The van der Waals surface area contributed by atoms with Crippen LogP contribution in [0.25, 0.3) is 27.9 Å². The lowest BCUT2D eigenvalue weighted by molar-refractivity contribution is 0.0896. The first-order valence-corrected chi connectivity index (χ1v) is 12.3. The van der Waals surface area contributed by atoms with Crippen molar-refractivity contribution in [2.45, 2.75) is 58.5 Å². The molecular weight excluding hydrogens is 442 g/mol. The number of hydrogen-bond acceptors (Lipinski definition) is 6. The molecule has 0 atom stereocenters. The van der Waals surface area contributed by atoms with Gasteiger partial charge in [0.25, 0.3) is 5.91 Å². The third kappa shape index (κ3) is 4.36. The summed E-state index contributed by atoms with van der Waals surface area (Å²) in [4.78, 5) is 28.2. The van der Waals surface area contributed by atoms with Gasteiger partial charge in [0.2, 0.25) is 0 Å². The van der Waals surface area contributed by atoms with Crippen molar-refractivity contribution >= 4 is 22.6 Å². The lowest BCUT2D eigenvalue weighted by atomic mass is 9.98. The van der Waals surface area contributed by atoms with Crippen molar-refractivity contribution in [2.24, 2.45) is 0 Å². The molecule has 0 radical (unpaired) electrons. The number of carbonyl (C=O) groups excluding carboxylic acids is 1. The molecule has 1 aliphatic rings. The van der Waals surface area contributed by atoms with E-state index in [9.17, 15) is 4.79 Å². The van der Waals surface area contributed by atoms with E-state index in [1.165, 1.54) is 6.33 Å². The number of aromatic amines is 1. The Morgan fingerprint density at radius 2 is 1.97 bits per heavy atom. The minimum absolute atomic E-state index is 0.113. The first kappa shape index (κ1) is 23.3. The molecule has 184 valence electrons. The molecular formula is C26H33N7O2. The molecule has 9 nitrogen and oxygen atoms in total. The van der Waals surface area contributed by atoms with Crippen LogP contribution in [-0.2, 0) is 0 Å². The summed E-state index contributed by atoms with van der Waals surface area (Å²) in [6, 6.07) is 6.42. The quantitative estimate of drug-likeness (QED) is 0.437. The Hall–Kier alpha value is -3.46. The van der Waals surface area contributed by atoms with Crippen molar-refractivity contribution in [2.75, 3.05) is 20.2 Å². The van der Waals surface area contributed by atoms with Crippen molar-refractivity contribution in [1.29, 1.82) is 0 Å². The van der Waals surface area contributed by atoms with Crippen LogP contribution in [-0.4, -0.2) is 67.7 Å². The van der Waals surface area contributed by atoms with E-state index >= 15 is 0 Å². The lowest BCUT2D eigenvalue weighted by Crippen LogP contribution is -2.46. The summed E-state index contributed by atoms with van der Waals surface area (Å²) in [5.41, 5.74) is 5.73. The topological polar surface area (TPSA) is 100 Å². The Morgan fingerprint density at radius 1 is 1.20 bits per heavy atom. The largest absolute Gasteiger partial charge is 0.493 e. The van der Waals surface area contributed by atoms with Gasteiger partial charge >= 0.3 is 0 Å². The summed E-state index contributed by atoms with van der Waals surface area (Å²) < 4.78 is 7.26. The normalized spacial score (nSPS) is 15.5. The van der Waals surface area contributed by atoms with Gasteiger partial charge in [-0.25, -0.2) is 14.5 Å². The highest BCUT2D eigenvalue weighted by atomic mass is 16.5. The summed E-state index contributed by atoms with van der Waals surface area (Å²) in [5.74, 6) is 0.713. The molecule has 0 bridgehead atoms. The Kier molecular flexibility index (Phi) is 6.19. The highest BCUT2D eigenvalue weighted by molar-refractivity contribution is 5.96. The van der Waals surface area contributed by atoms with Crippen LogP contribution in [0, 0.1) is 0 Å². The maximum atomic E-state index is 13.1. The number of H-pyrrole nitrogens is 1. The smallest absolute Gasteiger partial charge is 0.270 e. The standard InChI is InChI=1S/C26H33N7O2/c1-15(2)22-23(17-12-21(35-5)25-27-14-28-33(25)13-17)30-19-6-7-20(31-24(19)22)26(34)29-18-8-10-32(11-9-18)16(3)4/h6-7,12-16,18,30H,8-11H2,1-5H3,(H,29,34). The summed E-state index contributed by atoms with van der Waals surface area (Å²) in [6.07, 6.45) is 5.36. The third-order valence-electron chi connectivity index (χ3n) is 6.93. The molecule has 4 aromatic rings. The number of carbonyl (C=O) groups is 1. The number of piperidine rings is 1. The predicted octanol–water partition coefficient (Wildman–Crippen LogP) is 4.01. The molecule has 5 heterocycles. The lowest BCUT2D eigenvalue weighted by Gasteiger charge is -2.34. The van der Waals surface area contributed by atoms with Gasteiger partial charge in [0.1, 0.15) is 12.0 Å². The van der Waals surface area contributed by atoms with E-state index in [1.54, 1.807) is 17.7 Å². The van der Waals surface area contributed by atoms with Crippen LogP contribution in [0.5, 0.6) is 5.75 Å². The van der Waals surface area contributed by atoms with Crippen LogP contribution in [0.4, 0.5) is 0 Å². The second-order valence-electron chi connectivity index (χ2n) is 9.86. The molecule has 0 saturated carbocycles. The minimum atomic E-state index is -0.113. The Bertz CT molecular complexity index is 1360. The average molecular weight is 476 g/mol. The molecule has 1 amide bonds. The maximum Gasteiger partial charge on any atom is 0.270 e. The van der Waals surface area contributed by atoms with Gasteiger partial charge in [0, 0.05) is 42.5 Å². The number of amides is 1. The number of ether oxygens (including phenoxy) is 1. The zero-order valence-electron chi connectivity index (χ0n) is 21.0. The third-order valence-corrected chi connectivity index (χ3v) is 6.93. The molecule has 35 heavy (non-hydrogen) atoms. The number of methoxy groups -OCH3 is 1. The van der Waals surface area contributed by atoms with Gasteiger partial charge in [0.05, 0.1) is 23.8 Å². The van der Waals surface area contributed by atoms with Crippen molar-refractivity contribution < 1.29 is 9.53 Å². The van der Waals surface area contributed by atoms with E-state index in [1.807, 2.05) is 18.3 Å². The number of fused-ring (bicyclic) bond motifs is 2. The highest BCUT2D eigenvalue weighted by Gasteiger charge is 2.24. The summed E-state index contributed by atoms with van der Waals surface area (Å²) in [5, 5.41) is 7.49. The van der Waals surface area contributed by atoms with E-state index in [4.69, 9.17) is 9.72 Å². The van der Waals surface area contributed by atoms with Crippen LogP contribution >= 0.6 is 0 Å². The average Bonchev–Trinajstić information content (AvgIpc) is 3.47. The molecule has 9 heteroatoms. The van der Waals surface area contributed by atoms with Crippen LogP contribution in [0.3, 0.4) is 0 Å². The summed E-state index contributed by atoms with van der Waals surface area (Å²) in [6.45, 7) is 10.7. The molecule has 2 N–H and O–H groups in total. The number of rotatable bonds is 6. The number of aromatic nitrogens is 5. The summed E-state index contributed by atoms with van der Waals surface area (Å²) >= 11 is 0. The molecule has 0 aliphatic carbocycles. The molecule has 4 aromatic heterocycles. The number of pyridine rings is 2. The van der Waals surface area contributed by atoms with Crippen LogP contribution in [0.1, 0.15) is 62.5 Å². The second kappa shape index (κ2) is 9.30. The fourth-order valence-corrected chi connectivity index (χ4v) is 5.00. The predicted molar refractivity (Wildman–Crippen MR) is 136 cm³/mol. The van der Waals surface area contributed by atoms with E-state index in [2.05, 4.69) is 53.0 Å². The van der Waals surface area contributed by atoms with E-state index < -0.39 is 0 Å². The monoisotopic (exact) mass is 475 g/mol. The zero-order chi connectivity index (χ0) is 24.7. The van der Waals surface area contributed by atoms with Gasteiger partial charge in [-0.1, -0.05) is 13.8 Å². The molecule has 1 saturated heterocycles. The summed E-state index contributed by atoms with van der Waals surface area (Å²) in [7, 11) is 1.63. The molecule has 0 spiro atoms. The van der Waals surface area contributed by atoms with Crippen LogP contribution < -0.4 is 10.1 Å². The zero-order valence-corrected chi connectivity index (χ0v) is 21.0. The molecule has 1 fully saturated rings. The van der Waals surface area contributed by atoms with Gasteiger partial charge in [-0.05, 0) is 50.8 Å². The number of hydrogen-bond donors (Lipinski definition) is 2. The molecule has 5 rings (SSSR count). The number of nitrogens with one attached hydrogen (secondary N) is 2. The van der Waals surface area contributed by atoms with E-state index in [-0.39, 0.29) is 17.9 Å². The van der Waals surface area contributed by atoms with Gasteiger partial charge < -0.3 is 19.9 Å². The van der Waals surface area contributed by atoms with Crippen molar-refractivity contribution in [3.8, 4) is 17.0 Å². The van der Waals surface area contributed by atoms with Crippen molar-refractivity contribution in [1.82, 2.24) is 34.8 Å². The first-order chi connectivity index (χ1) is 16.9. The number of nitrogens with zero attached hydrogens (tertiary/aromatic N) is 5.